The van der Waals surface area contributed by atoms with Gasteiger partial charge in [0, 0.05) is 23.8 Å². The van der Waals surface area contributed by atoms with Gasteiger partial charge in [-0.2, -0.15) is 4.98 Å². The van der Waals surface area contributed by atoms with Crippen LogP contribution in [0.1, 0.15) is 17.3 Å². The van der Waals surface area contributed by atoms with Crippen molar-refractivity contribution in [3.05, 3.63) is 54.4 Å². The summed E-state index contributed by atoms with van der Waals surface area (Å²) in [5.41, 5.74) is 13.5. The lowest BCUT2D eigenvalue weighted by Gasteiger charge is -2.13. The quantitative estimate of drug-likeness (QED) is 0.429. The average molecular weight is 365 g/mol. The van der Waals surface area contributed by atoms with E-state index in [9.17, 15) is 9.59 Å². The van der Waals surface area contributed by atoms with Gasteiger partial charge >= 0.3 is 0 Å². The Morgan fingerprint density at radius 2 is 1.89 bits per heavy atom. The van der Waals surface area contributed by atoms with Crippen LogP contribution in [0.4, 0.5) is 17.5 Å². The summed E-state index contributed by atoms with van der Waals surface area (Å²) in [7, 11) is 0. The highest BCUT2D eigenvalue weighted by Gasteiger charge is 2.15. The van der Waals surface area contributed by atoms with Crippen LogP contribution in [0.15, 0.2) is 48.8 Å². The van der Waals surface area contributed by atoms with Gasteiger partial charge in [0.15, 0.2) is 0 Å². The number of hydrogen-bond acceptors (Lipinski definition) is 6. The summed E-state index contributed by atoms with van der Waals surface area (Å²) < 4.78 is 0. The van der Waals surface area contributed by atoms with Crippen LogP contribution in [0, 0.1) is 0 Å². The molecule has 27 heavy (non-hydrogen) atoms. The molecule has 138 valence electrons. The molecule has 3 rings (SSSR count). The fourth-order valence-electron chi connectivity index (χ4n) is 2.37. The lowest BCUT2D eigenvalue weighted by atomic mass is 10.1. The van der Waals surface area contributed by atoms with Crippen molar-refractivity contribution in [3.8, 4) is 11.3 Å². The van der Waals surface area contributed by atoms with E-state index in [-0.39, 0.29) is 17.3 Å². The molecule has 0 saturated carbocycles. The molecule has 0 aliphatic heterocycles. The second-order valence-electron chi connectivity index (χ2n) is 5.87. The Bertz CT molecular complexity index is 952. The van der Waals surface area contributed by atoms with Gasteiger partial charge in [0.1, 0.15) is 17.4 Å². The van der Waals surface area contributed by atoms with E-state index in [1.165, 1.54) is 6.20 Å². The van der Waals surface area contributed by atoms with Gasteiger partial charge in [0.2, 0.25) is 11.9 Å². The Morgan fingerprint density at radius 1 is 1.15 bits per heavy atom. The molecule has 0 radical (unpaired) electrons. The van der Waals surface area contributed by atoms with Crippen LogP contribution in [-0.4, -0.2) is 32.8 Å². The van der Waals surface area contributed by atoms with Crippen LogP contribution in [0.2, 0.25) is 0 Å². The minimum atomic E-state index is -0.671. The first-order chi connectivity index (χ1) is 12.9. The fourth-order valence-corrected chi connectivity index (χ4v) is 2.37. The Labute approximate surface area is 155 Å². The van der Waals surface area contributed by atoms with Crippen LogP contribution >= 0.6 is 0 Å². The molecule has 0 saturated heterocycles. The van der Waals surface area contributed by atoms with Crippen LogP contribution in [-0.2, 0) is 4.79 Å². The van der Waals surface area contributed by atoms with Gasteiger partial charge in [-0.15, -0.1) is 0 Å². The SMILES string of the molecule is C[C@@H](Nc1ncc(C(N)=O)c(Nc2ccc(-c3ccc[nH]3)cc2)n1)C(N)=O. The van der Waals surface area contributed by atoms with E-state index in [4.69, 9.17) is 11.5 Å². The maximum atomic E-state index is 11.7. The first-order valence-electron chi connectivity index (χ1n) is 8.17. The molecule has 2 amide bonds. The van der Waals surface area contributed by atoms with Gasteiger partial charge in [0.25, 0.3) is 5.91 Å². The van der Waals surface area contributed by atoms with Crippen molar-refractivity contribution in [2.24, 2.45) is 11.5 Å². The smallest absolute Gasteiger partial charge is 0.254 e. The maximum Gasteiger partial charge on any atom is 0.254 e. The lowest BCUT2D eigenvalue weighted by Crippen LogP contribution is -2.33. The molecule has 0 aliphatic carbocycles. The summed E-state index contributed by atoms with van der Waals surface area (Å²) in [6.07, 6.45) is 3.14. The van der Waals surface area contributed by atoms with E-state index < -0.39 is 17.9 Å². The standard InChI is InChI=1S/C18H19N7O2/c1-10(15(19)26)23-18-22-9-13(16(20)27)17(25-18)24-12-6-4-11(5-7-12)14-3-2-8-21-14/h2-10,21H,1H3,(H2,19,26)(H2,20,27)(H2,22,23,24,25)/t10-/m1/s1. The highest BCUT2D eigenvalue weighted by molar-refractivity contribution is 5.98. The number of amides is 2. The number of carbonyl (C=O) groups is 2. The number of nitrogens with zero attached hydrogens (tertiary/aromatic N) is 2. The predicted octanol–water partition coefficient (Wildman–Crippen LogP) is 1.60. The van der Waals surface area contributed by atoms with Gasteiger partial charge in [-0.3, -0.25) is 9.59 Å². The van der Waals surface area contributed by atoms with E-state index in [0.29, 0.717) is 5.69 Å². The molecule has 0 aliphatic rings. The molecule has 2 heterocycles. The number of nitrogens with two attached hydrogens (primary N) is 2. The monoisotopic (exact) mass is 365 g/mol. The maximum absolute atomic E-state index is 11.7. The minimum Gasteiger partial charge on any atom is -0.368 e. The van der Waals surface area contributed by atoms with Gasteiger partial charge in [-0.25, -0.2) is 4.98 Å². The molecule has 0 unspecified atom stereocenters. The zero-order valence-corrected chi connectivity index (χ0v) is 14.6. The topological polar surface area (TPSA) is 152 Å². The molecular weight excluding hydrogens is 346 g/mol. The minimum absolute atomic E-state index is 0.126. The Kier molecular flexibility index (Phi) is 5.02. The molecular formula is C18H19N7O2. The number of aromatic amines is 1. The van der Waals surface area contributed by atoms with Crippen LogP contribution in [0.25, 0.3) is 11.3 Å². The van der Waals surface area contributed by atoms with Gasteiger partial charge in [0.05, 0.1) is 0 Å². The predicted molar refractivity (Wildman–Crippen MR) is 102 cm³/mol. The number of benzene rings is 1. The highest BCUT2D eigenvalue weighted by Crippen LogP contribution is 2.23. The van der Waals surface area contributed by atoms with Crippen molar-refractivity contribution in [1.82, 2.24) is 15.0 Å². The Morgan fingerprint density at radius 3 is 2.48 bits per heavy atom. The number of H-pyrrole nitrogens is 1. The lowest BCUT2D eigenvalue weighted by molar-refractivity contribution is -0.118. The summed E-state index contributed by atoms with van der Waals surface area (Å²) in [5.74, 6) is -0.844. The summed E-state index contributed by atoms with van der Waals surface area (Å²) >= 11 is 0. The number of rotatable bonds is 7. The molecule has 0 bridgehead atoms. The zero-order chi connectivity index (χ0) is 19.4. The van der Waals surface area contributed by atoms with Gasteiger partial charge < -0.3 is 27.1 Å². The number of carbonyl (C=O) groups excluding carboxylic acids is 2. The molecule has 3 aromatic rings. The molecule has 9 nitrogen and oxygen atoms in total. The molecule has 1 aromatic carbocycles. The van der Waals surface area contributed by atoms with Crippen molar-refractivity contribution < 1.29 is 9.59 Å². The molecule has 1 atom stereocenters. The van der Waals surface area contributed by atoms with Gasteiger partial charge in [-0.1, -0.05) is 12.1 Å². The molecule has 7 N–H and O–H groups in total. The number of aromatic nitrogens is 3. The number of primary amides is 2. The highest BCUT2D eigenvalue weighted by atomic mass is 16.1. The Balaban J connectivity index is 1.85. The summed E-state index contributed by atoms with van der Waals surface area (Å²) in [4.78, 5) is 34.2. The van der Waals surface area contributed by atoms with Crippen molar-refractivity contribution >= 4 is 29.3 Å². The van der Waals surface area contributed by atoms with Crippen molar-refractivity contribution in [2.75, 3.05) is 10.6 Å². The Hall–Kier alpha value is -3.88. The number of hydrogen-bond donors (Lipinski definition) is 5. The number of nitrogens with one attached hydrogen (secondary N) is 3. The first-order valence-corrected chi connectivity index (χ1v) is 8.17. The summed E-state index contributed by atoms with van der Waals surface area (Å²) in [6.45, 7) is 1.58. The average Bonchev–Trinajstić information content (AvgIpc) is 3.17. The number of anilines is 3. The van der Waals surface area contributed by atoms with Gasteiger partial charge in [-0.05, 0) is 36.8 Å². The third-order valence-electron chi connectivity index (χ3n) is 3.88. The summed E-state index contributed by atoms with van der Waals surface area (Å²) in [6, 6.07) is 10.8. The third-order valence-corrected chi connectivity index (χ3v) is 3.88. The van der Waals surface area contributed by atoms with E-state index in [1.54, 1.807) is 6.92 Å². The van der Waals surface area contributed by atoms with Crippen LogP contribution in [0.5, 0.6) is 0 Å². The van der Waals surface area contributed by atoms with E-state index in [2.05, 4.69) is 25.6 Å². The van der Waals surface area contributed by atoms with Crippen LogP contribution in [0.3, 0.4) is 0 Å². The van der Waals surface area contributed by atoms with Crippen molar-refractivity contribution in [3.63, 3.8) is 0 Å². The normalized spacial score (nSPS) is 11.6. The zero-order valence-electron chi connectivity index (χ0n) is 14.6. The van der Waals surface area contributed by atoms with Crippen molar-refractivity contribution in [2.45, 2.75) is 13.0 Å². The first kappa shape index (κ1) is 17.9. The second-order valence-corrected chi connectivity index (χ2v) is 5.87. The van der Waals surface area contributed by atoms with E-state index >= 15 is 0 Å². The third kappa shape index (κ3) is 4.21. The molecule has 2 aromatic heterocycles. The fraction of sp³-hybridized carbons (Fsp3) is 0.111. The summed E-state index contributed by atoms with van der Waals surface area (Å²) in [5, 5.41) is 5.82. The second kappa shape index (κ2) is 7.56. The molecule has 0 spiro atoms. The van der Waals surface area contributed by atoms with Crippen molar-refractivity contribution in [1.29, 1.82) is 0 Å². The van der Waals surface area contributed by atoms with E-state index in [0.717, 1.165) is 11.3 Å². The molecule has 0 fully saturated rings. The largest absolute Gasteiger partial charge is 0.368 e. The molecule has 9 heteroatoms. The van der Waals surface area contributed by atoms with E-state index in [1.807, 2.05) is 42.6 Å². The van der Waals surface area contributed by atoms with Crippen LogP contribution < -0.4 is 22.1 Å².